The fraction of sp³-hybridized carbons (Fsp3) is 0.167. The van der Waals surface area contributed by atoms with E-state index in [0.29, 0.717) is 11.1 Å². The Morgan fingerprint density at radius 1 is 0.343 bits per heavy atom. The molecule has 0 spiro atoms. The van der Waals surface area contributed by atoms with Gasteiger partial charge >= 0.3 is 0 Å². The Bertz CT molecular complexity index is 2730. The fourth-order valence-electron chi connectivity index (χ4n) is 8.79. The van der Waals surface area contributed by atoms with E-state index in [0.717, 1.165) is 102 Å². The summed E-state index contributed by atoms with van der Waals surface area (Å²) >= 11 is 20.2. The van der Waals surface area contributed by atoms with Crippen molar-refractivity contribution in [1.29, 1.82) is 0 Å². The van der Waals surface area contributed by atoms with Crippen LogP contribution in [0.2, 0.25) is 0 Å². The van der Waals surface area contributed by atoms with Gasteiger partial charge in [-0.05, 0) is 136 Å². The number of methoxy groups -OCH3 is 2. The van der Waals surface area contributed by atoms with Crippen LogP contribution in [0.1, 0.15) is 65.2 Å². The normalized spacial score (nSPS) is 13.4. The molecule has 0 unspecified atom stereocenters. The molecule has 0 aromatic heterocycles. The third-order valence-electron chi connectivity index (χ3n) is 12.3. The molecule has 7 aliphatic rings. The van der Waals surface area contributed by atoms with Crippen LogP contribution in [-0.2, 0) is 46.0 Å². The van der Waals surface area contributed by atoms with Gasteiger partial charge in [-0.3, -0.25) is 9.59 Å². The van der Waals surface area contributed by atoms with Crippen molar-refractivity contribution in [3.8, 4) is 56.0 Å². The summed E-state index contributed by atoms with van der Waals surface area (Å²) in [6.07, 6.45) is 0. The van der Waals surface area contributed by atoms with Gasteiger partial charge in [-0.25, -0.2) is 0 Å². The first-order chi connectivity index (χ1) is 34.2. The van der Waals surface area contributed by atoms with Gasteiger partial charge in [-0.2, -0.15) is 47.0 Å². The van der Waals surface area contributed by atoms with E-state index in [-0.39, 0.29) is 0 Å². The van der Waals surface area contributed by atoms with Crippen molar-refractivity contribution in [3.63, 3.8) is 0 Å². The third kappa shape index (κ3) is 12.4. The average molecular weight is 1030 g/mol. The van der Waals surface area contributed by atoms with Gasteiger partial charge in [0.15, 0.2) is 0 Å². The lowest BCUT2D eigenvalue weighted by atomic mass is 9.92. The van der Waals surface area contributed by atoms with Gasteiger partial charge in [-0.1, -0.05) is 146 Å². The molecule has 0 saturated carbocycles. The maximum absolute atomic E-state index is 13.1. The molecule has 0 N–H and O–H groups in total. The van der Waals surface area contributed by atoms with Crippen molar-refractivity contribution in [2.45, 2.75) is 46.0 Å². The maximum Gasteiger partial charge on any atom is 0.253 e. The molecule has 0 fully saturated rings. The topological polar surface area (TPSA) is 52.6 Å². The Hall–Kier alpha value is -5.32. The molecule has 0 saturated heterocycles. The average Bonchev–Trinajstić information content (AvgIpc) is 3.38. The third-order valence-corrected chi connectivity index (χ3v) is 16.9. The Morgan fingerprint density at radius 3 is 0.786 bits per heavy atom. The summed E-state index contributed by atoms with van der Waals surface area (Å²) in [5.74, 6) is 8.40. The van der Waals surface area contributed by atoms with E-state index < -0.39 is 10.5 Å². The molecular formula is C60H50Cl2O4S4. The van der Waals surface area contributed by atoms with Gasteiger partial charge in [0.05, 0.1) is 14.2 Å². The summed E-state index contributed by atoms with van der Waals surface area (Å²) in [4.78, 5) is 26.2. The quantitative estimate of drug-likeness (QED) is 0.162. The molecule has 0 radical (unpaired) electrons. The molecule has 8 aromatic carbocycles. The van der Waals surface area contributed by atoms with Crippen LogP contribution in [-0.4, -0.2) is 24.7 Å². The van der Waals surface area contributed by atoms with Crippen LogP contribution in [0.4, 0.5) is 0 Å². The number of carbonyl (C=O) groups is 2. The summed E-state index contributed by atoms with van der Waals surface area (Å²) in [6, 6.07) is 58.7. The van der Waals surface area contributed by atoms with E-state index in [1.165, 1.54) is 44.5 Å². The predicted molar refractivity (Wildman–Crippen MR) is 301 cm³/mol. The van der Waals surface area contributed by atoms with Crippen LogP contribution in [0.25, 0.3) is 44.5 Å². The summed E-state index contributed by atoms with van der Waals surface area (Å²) in [5, 5.41) is -0.950. The molecule has 7 aliphatic heterocycles. The second kappa shape index (κ2) is 23.7. The van der Waals surface area contributed by atoms with Gasteiger partial charge in [0, 0.05) is 57.1 Å². The SMILES string of the molecule is COc1cc2cc(c1)CSCc1ccc(cc1)-c1cccc(c1C(=O)Cl)-c1ccc(cc1)CSCc1cc(cc(OC)c1)CSCc1ccc(cc1)-c1cccc(c1C(=O)Cl)-c1ccc(cc1)CSC2. The molecule has 16 bridgehead atoms. The van der Waals surface area contributed by atoms with Crippen LogP contribution < -0.4 is 9.47 Å². The monoisotopic (exact) mass is 1030 g/mol. The molecule has 0 aliphatic carbocycles. The number of benzene rings is 8. The predicted octanol–water partition coefficient (Wildman–Crippen LogP) is 17.2. The number of thioether (sulfide) groups is 4. The Morgan fingerprint density at radius 2 is 0.571 bits per heavy atom. The van der Waals surface area contributed by atoms with Crippen molar-refractivity contribution in [2.75, 3.05) is 14.2 Å². The van der Waals surface area contributed by atoms with Gasteiger partial charge in [0.2, 0.25) is 0 Å². The molecule has 0 atom stereocenters. The highest BCUT2D eigenvalue weighted by molar-refractivity contribution is 7.98. The minimum absolute atomic E-state index is 0.475. The van der Waals surface area contributed by atoms with Gasteiger partial charge in [-0.15, -0.1) is 0 Å². The zero-order valence-electron chi connectivity index (χ0n) is 38.8. The zero-order valence-corrected chi connectivity index (χ0v) is 43.6. The standard InChI is InChI=1S/C60H50Cl2O4S4/c1-65-51-27-43-25-44(28-51)36-68-32-40-11-19-48(20-12-40)54-6-4-8-56(58(54)60(62)64)50-23-15-42(16-24-50)34-70-38-46-26-45(29-52(30-46)66-2)37-69-33-41-13-21-49(22-14-41)55-7-3-5-53(57(55)59(61)63)47-17-9-39(10-18-47)31-67-35-43/h3-30H,31-38H2,1-2H3. The van der Waals surface area contributed by atoms with E-state index in [4.69, 9.17) is 32.7 Å². The molecule has 0 amide bonds. The van der Waals surface area contributed by atoms with Gasteiger partial charge in [0.1, 0.15) is 11.5 Å². The minimum Gasteiger partial charge on any atom is -0.497 e. The number of rotatable bonds is 4. The first kappa shape index (κ1) is 49.7. The molecule has 8 aromatic rings. The molecule has 7 heterocycles. The highest BCUT2D eigenvalue weighted by Gasteiger charge is 2.19. The van der Waals surface area contributed by atoms with E-state index in [2.05, 4.69) is 133 Å². The highest BCUT2D eigenvalue weighted by atomic mass is 35.5. The fourth-order valence-corrected chi connectivity index (χ4v) is 12.9. The summed E-state index contributed by atoms with van der Waals surface area (Å²) < 4.78 is 11.5. The van der Waals surface area contributed by atoms with Crippen LogP contribution in [0.5, 0.6) is 11.5 Å². The van der Waals surface area contributed by atoms with E-state index in [9.17, 15) is 9.59 Å². The Balaban J connectivity index is 0.972. The first-order valence-corrected chi connectivity index (χ1v) is 28.3. The summed E-state index contributed by atoms with van der Waals surface area (Å²) in [5.41, 5.74) is 17.8. The second-order valence-electron chi connectivity index (χ2n) is 17.1. The number of hydrogen-bond donors (Lipinski definition) is 0. The minimum atomic E-state index is -0.475. The molecule has 352 valence electrons. The molecule has 4 nitrogen and oxygen atoms in total. The molecule has 10 heteroatoms. The van der Waals surface area contributed by atoms with Crippen LogP contribution in [0.3, 0.4) is 0 Å². The Labute approximate surface area is 438 Å². The highest BCUT2D eigenvalue weighted by Crippen LogP contribution is 2.38. The lowest BCUT2D eigenvalue weighted by Crippen LogP contribution is -1.98. The van der Waals surface area contributed by atoms with Crippen molar-refractivity contribution in [3.05, 3.63) is 225 Å². The van der Waals surface area contributed by atoms with Crippen molar-refractivity contribution < 1.29 is 19.1 Å². The van der Waals surface area contributed by atoms with Gasteiger partial charge in [0.25, 0.3) is 10.5 Å². The maximum atomic E-state index is 13.1. The zero-order chi connectivity index (χ0) is 48.4. The van der Waals surface area contributed by atoms with Crippen LogP contribution >= 0.6 is 70.2 Å². The summed E-state index contributed by atoms with van der Waals surface area (Å²) in [6.45, 7) is 0. The van der Waals surface area contributed by atoms with Crippen LogP contribution in [0, 0.1) is 0 Å². The molecule has 70 heavy (non-hydrogen) atoms. The van der Waals surface area contributed by atoms with Crippen molar-refractivity contribution >= 4 is 80.7 Å². The van der Waals surface area contributed by atoms with Crippen LogP contribution in [0.15, 0.2) is 170 Å². The van der Waals surface area contributed by atoms with E-state index >= 15 is 0 Å². The Kier molecular flexibility index (Phi) is 16.8. The lowest BCUT2D eigenvalue weighted by molar-refractivity contribution is 0.107. The number of ether oxygens (including phenoxy) is 2. The van der Waals surface area contributed by atoms with Crippen molar-refractivity contribution in [2.24, 2.45) is 0 Å². The van der Waals surface area contributed by atoms with Crippen molar-refractivity contribution in [1.82, 2.24) is 0 Å². The molecule has 15 rings (SSSR count). The molecular weight excluding hydrogens is 984 g/mol. The van der Waals surface area contributed by atoms with E-state index in [1.54, 1.807) is 14.2 Å². The summed E-state index contributed by atoms with van der Waals surface area (Å²) in [7, 11) is 3.44. The first-order valence-electron chi connectivity index (χ1n) is 22.9. The smallest absolute Gasteiger partial charge is 0.253 e. The number of carbonyl (C=O) groups excluding carboxylic acids is 2. The van der Waals surface area contributed by atoms with E-state index in [1.807, 2.05) is 83.4 Å². The largest absolute Gasteiger partial charge is 0.497 e. The lowest BCUT2D eigenvalue weighted by Gasteiger charge is -2.14. The number of halogens is 2. The van der Waals surface area contributed by atoms with Gasteiger partial charge < -0.3 is 9.47 Å². The second-order valence-corrected chi connectivity index (χ2v) is 21.8. The number of hydrogen-bond acceptors (Lipinski definition) is 8.